The molecule has 0 aliphatic rings. The van der Waals surface area contributed by atoms with E-state index in [-0.39, 0.29) is 29.2 Å². The number of carbonyl (C=O) groups is 2. The van der Waals surface area contributed by atoms with Crippen LogP contribution in [0.2, 0.25) is 0 Å². The summed E-state index contributed by atoms with van der Waals surface area (Å²) < 4.78 is 0. The number of unbranched alkanes of at least 4 members (excludes halogenated alkanes) is 4. The van der Waals surface area contributed by atoms with Gasteiger partial charge in [0.2, 0.25) is 5.91 Å². The van der Waals surface area contributed by atoms with Crippen molar-refractivity contribution < 1.29 is 14.7 Å². The molecule has 1 rings (SSSR count). The molecule has 1 amide bonds. The van der Waals surface area contributed by atoms with Gasteiger partial charge in [0.05, 0.1) is 0 Å². The molecule has 4 nitrogen and oxygen atoms in total. The lowest BCUT2D eigenvalue weighted by molar-refractivity contribution is -0.137. The van der Waals surface area contributed by atoms with Gasteiger partial charge >= 0.3 is 5.97 Å². The van der Waals surface area contributed by atoms with E-state index in [1.807, 2.05) is 6.08 Å². The summed E-state index contributed by atoms with van der Waals surface area (Å²) in [5.74, 6) is -0.224. The van der Waals surface area contributed by atoms with E-state index in [0.29, 0.717) is 18.6 Å². The summed E-state index contributed by atoms with van der Waals surface area (Å²) in [5.41, 5.74) is 2.66. The zero-order valence-electron chi connectivity index (χ0n) is 22.5. The Morgan fingerprint density at radius 1 is 1.03 bits per heavy atom. The van der Waals surface area contributed by atoms with Gasteiger partial charge < -0.3 is 10.4 Å². The van der Waals surface area contributed by atoms with Crippen molar-refractivity contribution >= 4 is 23.6 Å². The maximum Gasteiger partial charge on any atom is 0.303 e. The highest BCUT2D eigenvalue weighted by Crippen LogP contribution is 2.36. The Labute approximate surface area is 212 Å². The molecule has 0 spiro atoms. The molecule has 192 valence electrons. The summed E-state index contributed by atoms with van der Waals surface area (Å²) in [7, 11) is 0. The van der Waals surface area contributed by atoms with E-state index in [1.54, 1.807) is 11.8 Å². The van der Waals surface area contributed by atoms with Crippen molar-refractivity contribution in [2.75, 3.05) is 5.75 Å². The Bertz CT molecular complexity index is 803. The number of thioether (sulfide) groups is 1. The number of hydrogen-bond acceptors (Lipinski definition) is 3. The van der Waals surface area contributed by atoms with Crippen molar-refractivity contribution in [2.45, 2.75) is 122 Å². The van der Waals surface area contributed by atoms with Crippen molar-refractivity contribution in [3.05, 3.63) is 41.5 Å². The van der Waals surface area contributed by atoms with Crippen LogP contribution in [0.3, 0.4) is 0 Å². The SMILES string of the molecule is CCCCCCC=CCC(=O)N[C@@H](CCC(=O)O)CSc1ccc(C(C)(C)C)cc1C(C)(C)C. The van der Waals surface area contributed by atoms with Crippen LogP contribution in [0.4, 0.5) is 0 Å². The van der Waals surface area contributed by atoms with Crippen LogP contribution in [0.25, 0.3) is 0 Å². The van der Waals surface area contributed by atoms with E-state index in [2.05, 4.69) is 78.1 Å². The minimum atomic E-state index is -0.832. The van der Waals surface area contributed by atoms with Crippen molar-refractivity contribution in [1.29, 1.82) is 0 Å². The minimum Gasteiger partial charge on any atom is -0.481 e. The van der Waals surface area contributed by atoms with Crippen LogP contribution in [-0.2, 0) is 20.4 Å². The predicted octanol–water partition coefficient (Wildman–Crippen LogP) is 7.64. The van der Waals surface area contributed by atoms with E-state index in [1.165, 1.54) is 35.3 Å². The zero-order valence-corrected chi connectivity index (χ0v) is 23.3. The maximum atomic E-state index is 12.5. The van der Waals surface area contributed by atoms with Crippen molar-refractivity contribution in [2.24, 2.45) is 0 Å². The molecule has 34 heavy (non-hydrogen) atoms. The number of benzene rings is 1. The molecule has 0 saturated carbocycles. The van der Waals surface area contributed by atoms with Crippen LogP contribution in [0.5, 0.6) is 0 Å². The fraction of sp³-hybridized carbons (Fsp3) is 0.655. The van der Waals surface area contributed by atoms with Gasteiger partial charge in [-0.05, 0) is 47.3 Å². The fourth-order valence-electron chi connectivity index (χ4n) is 3.68. The van der Waals surface area contributed by atoms with Crippen LogP contribution < -0.4 is 5.32 Å². The summed E-state index contributed by atoms with van der Waals surface area (Å²) >= 11 is 1.71. The molecule has 0 aliphatic heterocycles. The van der Waals surface area contributed by atoms with E-state index >= 15 is 0 Å². The monoisotopic (exact) mass is 489 g/mol. The van der Waals surface area contributed by atoms with E-state index < -0.39 is 5.97 Å². The number of aliphatic carboxylic acids is 1. The summed E-state index contributed by atoms with van der Waals surface area (Å²) in [5, 5.41) is 12.2. The van der Waals surface area contributed by atoms with Gasteiger partial charge in [-0.3, -0.25) is 9.59 Å². The van der Waals surface area contributed by atoms with Crippen LogP contribution in [0, 0.1) is 0 Å². The topological polar surface area (TPSA) is 66.4 Å². The van der Waals surface area contributed by atoms with Crippen molar-refractivity contribution in [3.8, 4) is 0 Å². The smallest absolute Gasteiger partial charge is 0.303 e. The standard InChI is InChI=1S/C29H47NO3S/c1-8-9-10-11-12-13-14-15-26(31)30-23(17-19-27(32)33)21-34-25-18-16-22(28(2,3)4)20-24(25)29(5,6)7/h13-14,16,18,20,23H,8-12,15,17,19,21H2,1-7H3,(H,30,31)(H,32,33)/t23-/m0/s1. The minimum absolute atomic E-state index is 0.00861. The molecule has 0 bridgehead atoms. The van der Waals surface area contributed by atoms with Crippen molar-refractivity contribution in [3.63, 3.8) is 0 Å². The van der Waals surface area contributed by atoms with Crippen LogP contribution in [0.15, 0.2) is 35.2 Å². The summed E-state index contributed by atoms with van der Waals surface area (Å²) in [6.07, 6.45) is 10.7. The van der Waals surface area contributed by atoms with Gasteiger partial charge in [-0.2, -0.15) is 0 Å². The van der Waals surface area contributed by atoms with E-state index in [4.69, 9.17) is 0 Å². The number of amides is 1. The first-order valence-electron chi connectivity index (χ1n) is 12.8. The number of nitrogens with one attached hydrogen (secondary N) is 1. The molecular formula is C29H47NO3S. The van der Waals surface area contributed by atoms with Crippen LogP contribution in [-0.4, -0.2) is 28.8 Å². The first-order valence-corrected chi connectivity index (χ1v) is 13.8. The lowest BCUT2D eigenvalue weighted by atomic mass is 9.81. The molecule has 0 aromatic heterocycles. The molecule has 0 radical (unpaired) electrons. The summed E-state index contributed by atoms with van der Waals surface area (Å²) in [6, 6.07) is 6.50. The third kappa shape index (κ3) is 12.1. The Kier molecular flexibility index (Phi) is 13.0. The average Bonchev–Trinajstić information content (AvgIpc) is 2.73. The number of carboxylic acid groups (broad SMARTS) is 1. The first-order chi connectivity index (χ1) is 15.8. The normalized spacial score (nSPS) is 13.3. The fourth-order valence-corrected chi connectivity index (χ4v) is 4.99. The molecule has 1 atom stereocenters. The molecular weight excluding hydrogens is 442 g/mol. The van der Waals surface area contributed by atoms with Gasteiger partial charge in [0.25, 0.3) is 0 Å². The average molecular weight is 490 g/mol. The maximum absolute atomic E-state index is 12.5. The Morgan fingerprint density at radius 3 is 2.32 bits per heavy atom. The zero-order chi connectivity index (χ0) is 25.8. The van der Waals surface area contributed by atoms with Crippen LogP contribution in [0.1, 0.15) is 111 Å². The first kappa shape index (κ1) is 30.3. The molecule has 0 heterocycles. The lowest BCUT2D eigenvalue weighted by Crippen LogP contribution is -2.36. The second-order valence-electron chi connectivity index (χ2n) is 11.2. The molecule has 0 aliphatic carbocycles. The summed E-state index contributed by atoms with van der Waals surface area (Å²) in [6.45, 7) is 15.5. The van der Waals surface area contributed by atoms with Gasteiger partial charge in [0.1, 0.15) is 0 Å². The lowest BCUT2D eigenvalue weighted by Gasteiger charge is -2.28. The third-order valence-corrected chi connectivity index (χ3v) is 7.10. The second-order valence-corrected chi connectivity index (χ2v) is 12.3. The highest BCUT2D eigenvalue weighted by molar-refractivity contribution is 7.99. The van der Waals surface area contributed by atoms with Gasteiger partial charge in [-0.25, -0.2) is 0 Å². The van der Waals surface area contributed by atoms with Crippen LogP contribution >= 0.6 is 11.8 Å². The molecule has 1 aromatic rings. The van der Waals surface area contributed by atoms with E-state index in [0.717, 1.165) is 12.8 Å². The van der Waals surface area contributed by atoms with Gasteiger partial charge in [0, 0.05) is 29.5 Å². The number of allylic oxidation sites excluding steroid dienone is 1. The quantitative estimate of drug-likeness (QED) is 0.160. The number of carbonyl (C=O) groups excluding carboxylic acids is 1. The number of rotatable bonds is 14. The molecule has 0 unspecified atom stereocenters. The number of hydrogen-bond donors (Lipinski definition) is 2. The second kappa shape index (κ2) is 14.6. The van der Waals surface area contributed by atoms with Crippen molar-refractivity contribution in [1.82, 2.24) is 5.32 Å². The Hall–Kier alpha value is -1.75. The highest BCUT2D eigenvalue weighted by Gasteiger charge is 2.23. The van der Waals surface area contributed by atoms with E-state index in [9.17, 15) is 14.7 Å². The third-order valence-electron chi connectivity index (χ3n) is 5.86. The van der Waals surface area contributed by atoms with Gasteiger partial charge in [-0.15, -0.1) is 11.8 Å². The largest absolute Gasteiger partial charge is 0.481 e. The predicted molar refractivity (Wildman–Crippen MR) is 146 cm³/mol. The van der Waals surface area contributed by atoms with Gasteiger partial charge in [-0.1, -0.05) is 92.0 Å². The highest BCUT2D eigenvalue weighted by atomic mass is 32.2. The van der Waals surface area contributed by atoms with Gasteiger partial charge in [0.15, 0.2) is 0 Å². The molecule has 2 N–H and O–H groups in total. The summed E-state index contributed by atoms with van der Waals surface area (Å²) in [4.78, 5) is 24.9. The Morgan fingerprint density at radius 2 is 1.74 bits per heavy atom. The molecule has 0 saturated heterocycles. The molecule has 0 fully saturated rings. The molecule has 5 heteroatoms. The Balaban J connectivity index is 2.82. The number of carboxylic acids is 1. The molecule has 1 aromatic carbocycles.